The summed E-state index contributed by atoms with van der Waals surface area (Å²) in [6.07, 6.45) is 9.01. The number of halogens is 1. The molecular formula is C11H21FO. The Morgan fingerprint density at radius 2 is 1.54 bits per heavy atom. The molecule has 0 spiro atoms. The second-order valence-electron chi connectivity index (χ2n) is 3.94. The zero-order valence-corrected chi connectivity index (χ0v) is 8.60. The van der Waals surface area contributed by atoms with Crippen LogP contribution >= 0.6 is 0 Å². The van der Waals surface area contributed by atoms with E-state index in [9.17, 15) is 4.39 Å². The van der Waals surface area contributed by atoms with Crippen molar-refractivity contribution in [3.05, 3.63) is 0 Å². The minimum atomic E-state index is -0.930. The second kappa shape index (κ2) is 6.36. The van der Waals surface area contributed by atoms with Crippen molar-refractivity contribution in [2.24, 2.45) is 0 Å². The Labute approximate surface area is 80.7 Å². The van der Waals surface area contributed by atoms with Gasteiger partial charge < -0.3 is 4.74 Å². The number of rotatable bonds is 8. The van der Waals surface area contributed by atoms with Crippen molar-refractivity contribution < 1.29 is 9.13 Å². The van der Waals surface area contributed by atoms with Crippen LogP contribution in [0.5, 0.6) is 0 Å². The summed E-state index contributed by atoms with van der Waals surface area (Å²) in [6.45, 7) is 2.23. The van der Waals surface area contributed by atoms with E-state index in [0.717, 1.165) is 12.8 Å². The molecule has 2 unspecified atom stereocenters. The molecule has 1 saturated heterocycles. The highest BCUT2D eigenvalue weighted by Crippen LogP contribution is 2.28. The second-order valence-corrected chi connectivity index (χ2v) is 3.94. The molecule has 1 rings (SSSR count). The first-order chi connectivity index (χ1) is 6.34. The van der Waals surface area contributed by atoms with E-state index in [1.165, 1.54) is 38.5 Å². The Balaban J connectivity index is 1.69. The smallest absolute Gasteiger partial charge is 0.225 e. The summed E-state index contributed by atoms with van der Waals surface area (Å²) in [6, 6.07) is 0. The third kappa shape index (κ3) is 5.25. The van der Waals surface area contributed by atoms with Gasteiger partial charge in [-0.05, 0) is 6.42 Å². The molecule has 0 N–H and O–H groups in total. The highest BCUT2D eigenvalue weighted by Gasteiger charge is 2.37. The fourth-order valence-electron chi connectivity index (χ4n) is 1.62. The van der Waals surface area contributed by atoms with E-state index in [4.69, 9.17) is 4.74 Å². The lowest BCUT2D eigenvalue weighted by molar-refractivity contribution is 0.263. The first-order valence-corrected chi connectivity index (χ1v) is 5.64. The van der Waals surface area contributed by atoms with Crippen LogP contribution in [-0.2, 0) is 4.74 Å². The van der Waals surface area contributed by atoms with Crippen LogP contribution in [0.15, 0.2) is 0 Å². The van der Waals surface area contributed by atoms with Crippen molar-refractivity contribution in [2.45, 2.75) is 70.8 Å². The van der Waals surface area contributed by atoms with Crippen LogP contribution in [-0.4, -0.2) is 12.5 Å². The molecule has 0 amide bonds. The maximum atomic E-state index is 12.2. The lowest BCUT2D eigenvalue weighted by Gasteiger charge is -1.98. The van der Waals surface area contributed by atoms with Crippen molar-refractivity contribution in [3.8, 4) is 0 Å². The average molecular weight is 188 g/mol. The molecule has 1 aliphatic heterocycles. The van der Waals surface area contributed by atoms with E-state index in [1.54, 1.807) is 0 Å². The van der Waals surface area contributed by atoms with Crippen molar-refractivity contribution in [1.29, 1.82) is 0 Å². The molecule has 1 aliphatic rings. The monoisotopic (exact) mass is 188 g/mol. The van der Waals surface area contributed by atoms with Gasteiger partial charge in [-0.25, -0.2) is 4.39 Å². The van der Waals surface area contributed by atoms with Crippen molar-refractivity contribution in [2.75, 3.05) is 0 Å². The third-order valence-electron chi connectivity index (χ3n) is 2.61. The van der Waals surface area contributed by atoms with Crippen LogP contribution in [0.2, 0.25) is 0 Å². The topological polar surface area (TPSA) is 12.5 Å². The summed E-state index contributed by atoms with van der Waals surface area (Å²) in [4.78, 5) is 0. The van der Waals surface area contributed by atoms with Crippen LogP contribution in [0.25, 0.3) is 0 Å². The van der Waals surface area contributed by atoms with Gasteiger partial charge in [-0.3, -0.25) is 0 Å². The molecule has 2 atom stereocenters. The van der Waals surface area contributed by atoms with Gasteiger partial charge in [0.2, 0.25) is 6.36 Å². The van der Waals surface area contributed by atoms with E-state index >= 15 is 0 Å². The molecule has 1 heterocycles. The van der Waals surface area contributed by atoms with Crippen molar-refractivity contribution in [3.63, 3.8) is 0 Å². The predicted molar refractivity (Wildman–Crippen MR) is 52.4 cm³/mol. The molecule has 0 aromatic rings. The zero-order valence-electron chi connectivity index (χ0n) is 8.60. The minimum Gasteiger partial charge on any atom is -0.337 e. The largest absolute Gasteiger partial charge is 0.337 e. The van der Waals surface area contributed by atoms with Crippen LogP contribution < -0.4 is 0 Å². The maximum absolute atomic E-state index is 12.2. The number of alkyl halides is 1. The van der Waals surface area contributed by atoms with Gasteiger partial charge in [0, 0.05) is 0 Å². The Bertz CT molecular complexity index is 127. The molecule has 0 aromatic heterocycles. The fourth-order valence-corrected chi connectivity index (χ4v) is 1.62. The SMILES string of the molecule is CCCCCCCCCC1OC1F. The summed E-state index contributed by atoms with van der Waals surface area (Å²) < 4.78 is 16.9. The predicted octanol–water partition coefficient (Wildman–Crippen LogP) is 3.82. The van der Waals surface area contributed by atoms with Gasteiger partial charge in [-0.15, -0.1) is 0 Å². The molecule has 1 nitrogen and oxygen atoms in total. The van der Waals surface area contributed by atoms with Gasteiger partial charge in [0.1, 0.15) is 6.10 Å². The van der Waals surface area contributed by atoms with Crippen molar-refractivity contribution >= 4 is 0 Å². The molecule has 78 valence electrons. The summed E-state index contributed by atoms with van der Waals surface area (Å²) in [5.74, 6) is 0. The van der Waals surface area contributed by atoms with Gasteiger partial charge in [0.15, 0.2) is 0 Å². The molecule has 2 heteroatoms. The Kier molecular flexibility index (Phi) is 5.37. The first kappa shape index (κ1) is 11.0. The van der Waals surface area contributed by atoms with Gasteiger partial charge in [0.25, 0.3) is 0 Å². The fraction of sp³-hybridized carbons (Fsp3) is 1.00. The number of hydrogen-bond donors (Lipinski definition) is 0. The Morgan fingerprint density at radius 1 is 1.00 bits per heavy atom. The summed E-state index contributed by atoms with van der Waals surface area (Å²) in [5.41, 5.74) is 0. The number of ether oxygens (including phenoxy) is 1. The quantitative estimate of drug-likeness (QED) is 0.416. The normalized spacial score (nSPS) is 26.3. The average Bonchev–Trinajstić information content (AvgIpc) is 2.81. The Morgan fingerprint density at radius 3 is 2.08 bits per heavy atom. The van der Waals surface area contributed by atoms with Gasteiger partial charge in [-0.1, -0.05) is 51.9 Å². The molecular weight excluding hydrogens is 167 g/mol. The lowest BCUT2D eigenvalue weighted by Crippen LogP contribution is -1.88. The zero-order chi connectivity index (χ0) is 9.52. The third-order valence-corrected chi connectivity index (χ3v) is 2.61. The number of hydrogen-bond acceptors (Lipinski definition) is 1. The maximum Gasteiger partial charge on any atom is 0.225 e. The molecule has 0 aliphatic carbocycles. The lowest BCUT2D eigenvalue weighted by atomic mass is 10.1. The van der Waals surface area contributed by atoms with Crippen LogP contribution in [0.4, 0.5) is 4.39 Å². The standard InChI is InChI=1S/C11H21FO/c1-2-3-4-5-6-7-8-9-10-11(12)13-10/h10-11H,2-9H2,1H3. The van der Waals surface area contributed by atoms with Crippen LogP contribution in [0, 0.1) is 0 Å². The Hall–Kier alpha value is -0.110. The summed E-state index contributed by atoms with van der Waals surface area (Å²) in [7, 11) is 0. The van der Waals surface area contributed by atoms with Gasteiger partial charge in [-0.2, -0.15) is 0 Å². The molecule has 13 heavy (non-hydrogen) atoms. The molecule has 0 bridgehead atoms. The van der Waals surface area contributed by atoms with Gasteiger partial charge >= 0.3 is 0 Å². The van der Waals surface area contributed by atoms with Crippen LogP contribution in [0.3, 0.4) is 0 Å². The highest BCUT2D eigenvalue weighted by atomic mass is 19.2. The minimum absolute atomic E-state index is 0.0457. The van der Waals surface area contributed by atoms with E-state index in [1.807, 2.05) is 0 Å². The van der Waals surface area contributed by atoms with E-state index < -0.39 is 6.36 Å². The summed E-state index contributed by atoms with van der Waals surface area (Å²) in [5, 5.41) is 0. The molecule has 0 saturated carbocycles. The van der Waals surface area contributed by atoms with E-state index in [-0.39, 0.29) is 6.10 Å². The molecule has 0 radical (unpaired) electrons. The molecule has 1 fully saturated rings. The van der Waals surface area contributed by atoms with Crippen molar-refractivity contribution in [1.82, 2.24) is 0 Å². The number of unbranched alkanes of at least 4 members (excludes halogenated alkanes) is 6. The van der Waals surface area contributed by atoms with E-state index in [0.29, 0.717) is 0 Å². The first-order valence-electron chi connectivity index (χ1n) is 5.64. The number of epoxide rings is 1. The van der Waals surface area contributed by atoms with E-state index in [2.05, 4.69) is 6.92 Å². The van der Waals surface area contributed by atoms with Gasteiger partial charge in [0.05, 0.1) is 0 Å². The highest BCUT2D eigenvalue weighted by molar-refractivity contribution is 4.74. The van der Waals surface area contributed by atoms with Crippen LogP contribution in [0.1, 0.15) is 58.3 Å². The summed E-state index contributed by atoms with van der Waals surface area (Å²) >= 11 is 0. The molecule has 0 aromatic carbocycles.